The van der Waals surface area contributed by atoms with Crippen molar-refractivity contribution in [2.75, 3.05) is 0 Å². The van der Waals surface area contributed by atoms with Crippen LogP contribution in [0.5, 0.6) is 0 Å². The Balaban J connectivity index is 1.46. The van der Waals surface area contributed by atoms with Crippen molar-refractivity contribution in [3.05, 3.63) is 94.2 Å². The molecule has 2 aromatic carbocycles. The quantitative estimate of drug-likeness (QED) is 0.467. The molecule has 144 valence electrons. The van der Waals surface area contributed by atoms with Crippen LogP contribution >= 0.6 is 15.9 Å². The molecule has 2 aromatic heterocycles. The highest BCUT2D eigenvalue weighted by atomic mass is 79.9. The standard InChI is InChI=1S/C21H16BrN5O2/c22-18-9-5-4-8-17(18)21(29)26-25-20(28)16-10-15-12-24-27(19(15)23-11-16)13-14-6-2-1-3-7-14/h1-12H,13H2,(H,25,28)(H,26,29). The molecule has 8 heteroatoms. The van der Waals surface area contributed by atoms with Gasteiger partial charge in [0.15, 0.2) is 5.65 Å². The normalized spacial score (nSPS) is 10.7. The van der Waals surface area contributed by atoms with Crippen LogP contribution in [0.2, 0.25) is 0 Å². The number of carbonyl (C=O) groups is 2. The van der Waals surface area contributed by atoms with Crippen molar-refractivity contribution >= 4 is 38.8 Å². The molecule has 2 N–H and O–H groups in total. The number of hydrogen-bond acceptors (Lipinski definition) is 4. The van der Waals surface area contributed by atoms with E-state index in [-0.39, 0.29) is 0 Å². The first kappa shape index (κ1) is 18.8. The van der Waals surface area contributed by atoms with Crippen LogP contribution in [0.1, 0.15) is 26.3 Å². The van der Waals surface area contributed by atoms with Crippen molar-refractivity contribution in [1.29, 1.82) is 0 Å². The third-order valence-electron chi connectivity index (χ3n) is 4.32. The molecule has 0 spiro atoms. The van der Waals surface area contributed by atoms with Crippen LogP contribution in [0.3, 0.4) is 0 Å². The Labute approximate surface area is 174 Å². The lowest BCUT2D eigenvalue weighted by Crippen LogP contribution is -2.41. The van der Waals surface area contributed by atoms with Crippen LogP contribution in [0.15, 0.2) is 77.5 Å². The van der Waals surface area contributed by atoms with Gasteiger partial charge < -0.3 is 0 Å². The smallest absolute Gasteiger partial charge is 0.267 e. The van der Waals surface area contributed by atoms with Gasteiger partial charge in [-0.1, -0.05) is 42.5 Å². The van der Waals surface area contributed by atoms with E-state index in [1.807, 2.05) is 30.3 Å². The number of nitrogens with one attached hydrogen (secondary N) is 2. The van der Waals surface area contributed by atoms with E-state index in [1.54, 1.807) is 41.2 Å². The fourth-order valence-electron chi connectivity index (χ4n) is 2.87. The molecule has 0 bridgehead atoms. The van der Waals surface area contributed by atoms with Crippen molar-refractivity contribution in [3.8, 4) is 0 Å². The molecular weight excluding hydrogens is 434 g/mol. The monoisotopic (exact) mass is 449 g/mol. The third kappa shape index (κ3) is 4.17. The number of rotatable bonds is 4. The number of hydrogen-bond donors (Lipinski definition) is 2. The molecule has 0 aliphatic rings. The average molecular weight is 450 g/mol. The number of carbonyl (C=O) groups excluding carboxylic acids is 2. The van der Waals surface area contributed by atoms with Gasteiger partial charge in [-0.25, -0.2) is 9.67 Å². The molecule has 2 amide bonds. The lowest BCUT2D eigenvalue weighted by Gasteiger charge is -2.08. The zero-order valence-corrected chi connectivity index (χ0v) is 16.8. The van der Waals surface area contributed by atoms with E-state index in [1.165, 1.54) is 6.20 Å². The fourth-order valence-corrected chi connectivity index (χ4v) is 3.33. The summed E-state index contributed by atoms with van der Waals surface area (Å²) in [5.74, 6) is -0.883. The zero-order valence-electron chi connectivity index (χ0n) is 15.2. The van der Waals surface area contributed by atoms with Gasteiger partial charge in [0.2, 0.25) is 0 Å². The zero-order chi connectivity index (χ0) is 20.2. The molecule has 7 nitrogen and oxygen atoms in total. The molecule has 0 aliphatic heterocycles. The maximum Gasteiger partial charge on any atom is 0.271 e. The van der Waals surface area contributed by atoms with Gasteiger partial charge in [0.25, 0.3) is 11.8 Å². The van der Waals surface area contributed by atoms with Crippen molar-refractivity contribution in [1.82, 2.24) is 25.6 Å². The highest BCUT2D eigenvalue weighted by Gasteiger charge is 2.13. The van der Waals surface area contributed by atoms with Crippen LogP contribution in [0, 0.1) is 0 Å². The number of pyridine rings is 1. The van der Waals surface area contributed by atoms with Crippen molar-refractivity contribution in [3.63, 3.8) is 0 Å². The fraction of sp³-hybridized carbons (Fsp3) is 0.0476. The summed E-state index contributed by atoms with van der Waals surface area (Å²) < 4.78 is 2.42. The first-order valence-corrected chi connectivity index (χ1v) is 9.62. The molecule has 4 rings (SSSR count). The molecule has 0 saturated heterocycles. The Morgan fingerprint density at radius 1 is 0.931 bits per heavy atom. The number of halogens is 1. The van der Waals surface area contributed by atoms with Gasteiger partial charge in [0.05, 0.1) is 23.9 Å². The van der Waals surface area contributed by atoms with Gasteiger partial charge in [0, 0.05) is 16.1 Å². The minimum Gasteiger partial charge on any atom is -0.267 e. The summed E-state index contributed by atoms with van der Waals surface area (Å²) in [5, 5.41) is 5.10. The first-order chi connectivity index (χ1) is 14.1. The van der Waals surface area contributed by atoms with Gasteiger partial charge in [-0.3, -0.25) is 20.4 Å². The van der Waals surface area contributed by atoms with Crippen LogP contribution in [-0.4, -0.2) is 26.6 Å². The van der Waals surface area contributed by atoms with Crippen LogP contribution in [-0.2, 0) is 6.54 Å². The number of hydrazine groups is 1. The molecule has 0 fully saturated rings. The predicted molar refractivity (Wildman–Crippen MR) is 112 cm³/mol. The first-order valence-electron chi connectivity index (χ1n) is 8.82. The van der Waals surface area contributed by atoms with E-state index in [4.69, 9.17) is 0 Å². The number of benzene rings is 2. The van der Waals surface area contributed by atoms with Crippen molar-refractivity contribution in [2.24, 2.45) is 0 Å². The van der Waals surface area contributed by atoms with Gasteiger partial charge in [0.1, 0.15) is 0 Å². The second-order valence-electron chi connectivity index (χ2n) is 6.31. The van der Waals surface area contributed by atoms with E-state index in [0.29, 0.717) is 27.8 Å². The second-order valence-corrected chi connectivity index (χ2v) is 7.17. The summed E-state index contributed by atoms with van der Waals surface area (Å²) in [5.41, 5.74) is 7.35. The lowest BCUT2D eigenvalue weighted by molar-refractivity contribution is 0.0846. The van der Waals surface area contributed by atoms with Crippen LogP contribution in [0.25, 0.3) is 11.0 Å². The molecule has 29 heavy (non-hydrogen) atoms. The maximum absolute atomic E-state index is 12.4. The van der Waals surface area contributed by atoms with E-state index in [9.17, 15) is 9.59 Å². The summed E-state index contributed by atoms with van der Waals surface area (Å²) >= 11 is 3.31. The third-order valence-corrected chi connectivity index (χ3v) is 5.01. The summed E-state index contributed by atoms with van der Waals surface area (Å²) in [7, 11) is 0. The molecule has 0 unspecified atom stereocenters. The second kappa shape index (κ2) is 8.24. The Kier molecular flexibility index (Phi) is 5.35. The van der Waals surface area contributed by atoms with Gasteiger partial charge in [-0.15, -0.1) is 0 Å². The molecule has 0 radical (unpaired) electrons. The van der Waals surface area contributed by atoms with Crippen LogP contribution < -0.4 is 10.9 Å². The lowest BCUT2D eigenvalue weighted by atomic mass is 10.2. The van der Waals surface area contributed by atoms with Crippen LogP contribution in [0.4, 0.5) is 0 Å². The Bertz CT molecular complexity index is 1190. The molecular formula is C21H16BrN5O2. The highest BCUT2D eigenvalue weighted by molar-refractivity contribution is 9.10. The maximum atomic E-state index is 12.4. The number of amides is 2. The van der Waals surface area contributed by atoms with E-state index in [0.717, 1.165) is 10.9 Å². The van der Waals surface area contributed by atoms with E-state index < -0.39 is 11.8 Å². The van der Waals surface area contributed by atoms with Gasteiger partial charge in [-0.05, 0) is 39.7 Å². The molecule has 2 heterocycles. The number of aromatic nitrogens is 3. The number of fused-ring (bicyclic) bond motifs is 1. The van der Waals surface area contributed by atoms with Crippen molar-refractivity contribution in [2.45, 2.75) is 6.54 Å². The SMILES string of the molecule is O=C(NNC(=O)c1ccccc1Br)c1cnc2c(cnn2Cc2ccccc2)c1. The Hall–Kier alpha value is -3.52. The number of nitrogens with zero attached hydrogens (tertiary/aromatic N) is 3. The van der Waals surface area contributed by atoms with E-state index >= 15 is 0 Å². The summed E-state index contributed by atoms with van der Waals surface area (Å²) in [6, 6.07) is 18.6. The van der Waals surface area contributed by atoms with Gasteiger partial charge in [-0.2, -0.15) is 5.10 Å². The van der Waals surface area contributed by atoms with E-state index in [2.05, 4.69) is 36.9 Å². The minimum absolute atomic E-state index is 0.323. The molecule has 4 aromatic rings. The topological polar surface area (TPSA) is 88.9 Å². The summed E-state index contributed by atoms with van der Waals surface area (Å²) in [6.07, 6.45) is 3.13. The molecule has 0 atom stereocenters. The van der Waals surface area contributed by atoms with Crippen molar-refractivity contribution < 1.29 is 9.59 Å². The minimum atomic E-state index is -0.462. The Morgan fingerprint density at radius 3 is 2.45 bits per heavy atom. The summed E-state index contributed by atoms with van der Waals surface area (Å²) in [6.45, 7) is 0.588. The predicted octanol–water partition coefficient (Wildman–Crippen LogP) is 3.32. The molecule has 0 aliphatic carbocycles. The molecule has 0 saturated carbocycles. The largest absolute Gasteiger partial charge is 0.271 e. The average Bonchev–Trinajstić information content (AvgIpc) is 3.15. The highest BCUT2D eigenvalue weighted by Crippen LogP contribution is 2.16. The summed E-state index contributed by atoms with van der Waals surface area (Å²) in [4.78, 5) is 29.0. The van der Waals surface area contributed by atoms with Gasteiger partial charge >= 0.3 is 0 Å². The Morgan fingerprint density at radius 2 is 1.66 bits per heavy atom.